The topological polar surface area (TPSA) is 22.1 Å². The van der Waals surface area contributed by atoms with E-state index in [1.807, 2.05) is 12.1 Å². The first-order chi connectivity index (χ1) is 7.83. The SMILES string of the molecule is [CH2]CCCOc1ccc2sc(CC)nc2c1. The zero-order valence-corrected chi connectivity index (χ0v) is 10.3. The Labute approximate surface area is 100 Å². The van der Waals surface area contributed by atoms with Gasteiger partial charge in [0.1, 0.15) is 5.75 Å². The van der Waals surface area contributed by atoms with Crippen LogP contribution in [0.15, 0.2) is 18.2 Å². The van der Waals surface area contributed by atoms with Crippen molar-refractivity contribution in [2.24, 2.45) is 0 Å². The normalized spacial score (nSPS) is 10.9. The predicted molar refractivity (Wildman–Crippen MR) is 69.1 cm³/mol. The van der Waals surface area contributed by atoms with Crippen LogP contribution >= 0.6 is 11.3 Å². The van der Waals surface area contributed by atoms with E-state index in [2.05, 4.69) is 24.9 Å². The average molecular weight is 234 g/mol. The summed E-state index contributed by atoms with van der Waals surface area (Å²) in [4.78, 5) is 4.55. The van der Waals surface area contributed by atoms with Gasteiger partial charge < -0.3 is 4.74 Å². The van der Waals surface area contributed by atoms with Gasteiger partial charge in [0, 0.05) is 6.07 Å². The van der Waals surface area contributed by atoms with Crippen molar-refractivity contribution in [1.29, 1.82) is 0 Å². The van der Waals surface area contributed by atoms with Gasteiger partial charge in [0.15, 0.2) is 0 Å². The standard InChI is InChI=1S/C13H16NOS/c1-3-5-8-15-10-6-7-12-11(9-10)14-13(4-2)16-12/h6-7,9H,1,3-5,8H2,2H3. The lowest BCUT2D eigenvalue weighted by atomic mass is 10.3. The lowest BCUT2D eigenvalue weighted by Gasteiger charge is -2.04. The number of hydrogen-bond donors (Lipinski definition) is 0. The number of unbranched alkanes of at least 4 members (excludes halogenated alkanes) is 1. The molecule has 0 fully saturated rings. The maximum atomic E-state index is 5.62. The van der Waals surface area contributed by atoms with Crippen molar-refractivity contribution in [3.05, 3.63) is 30.1 Å². The van der Waals surface area contributed by atoms with E-state index in [0.29, 0.717) is 0 Å². The van der Waals surface area contributed by atoms with Gasteiger partial charge in [0.25, 0.3) is 0 Å². The van der Waals surface area contributed by atoms with E-state index in [-0.39, 0.29) is 0 Å². The minimum absolute atomic E-state index is 0.736. The molecule has 0 aliphatic carbocycles. The smallest absolute Gasteiger partial charge is 0.121 e. The molecule has 1 heterocycles. The number of ether oxygens (including phenoxy) is 1. The maximum Gasteiger partial charge on any atom is 0.121 e. The lowest BCUT2D eigenvalue weighted by molar-refractivity contribution is 0.312. The monoisotopic (exact) mass is 234 g/mol. The molecule has 0 saturated carbocycles. The molecule has 1 aromatic heterocycles. The molecule has 1 radical (unpaired) electrons. The van der Waals surface area contributed by atoms with Crippen molar-refractivity contribution in [2.75, 3.05) is 6.61 Å². The second-order valence-electron chi connectivity index (χ2n) is 3.65. The first kappa shape index (κ1) is 11.4. The predicted octanol–water partition coefficient (Wildman–Crippen LogP) is 3.85. The van der Waals surface area contributed by atoms with E-state index in [1.165, 1.54) is 9.71 Å². The molecular formula is C13H16NOS. The third-order valence-electron chi connectivity index (χ3n) is 2.37. The molecule has 0 N–H and O–H groups in total. The fraction of sp³-hybridized carbons (Fsp3) is 0.385. The van der Waals surface area contributed by atoms with Gasteiger partial charge in [0.05, 0.1) is 21.8 Å². The number of thiazole rings is 1. The van der Waals surface area contributed by atoms with E-state index in [1.54, 1.807) is 11.3 Å². The summed E-state index contributed by atoms with van der Waals surface area (Å²) in [7, 11) is 0. The average Bonchev–Trinajstić information content (AvgIpc) is 2.71. The minimum Gasteiger partial charge on any atom is -0.494 e. The summed E-state index contributed by atoms with van der Waals surface area (Å²) < 4.78 is 6.86. The molecule has 85 valence electrons. The summed E-state index contributed by atoms with van der Waals surface area (Å²) in [5.41, 5.74) is 1.05. The molecule has 1 aromatic carbocycles. The van der Waals surface area contributed by atoms with Gasteiger partial charge in [0.2, 0.25) is 0 Å². The molecule has 0 atom stereocenters. The second kappa shape index (κ2) is 5.30. The van der Waals surface area contributed by atoms with Crippen LogP contribution in [0.1, 0.15) is 24.8 Å². The van der Waals surface area contributed by atoms with Gasteiger partial charge in [-0.15, -0.1) is 11.3 Å². The van der Waals surface area contributed by atoms with Crippen molar-refractivity contribution in [3.8, 4) is 5.75 Å². The fourth-order valence-corrected chi connectivity index (χ4v) is 2.38. The molecule has 0 amide bonds. The first-order valence-corrected chi connectivity index (χ1v) is 6.46. The molecule has 2 rings (SSSR count). The Balaban J connectivity index is 2.15. The van der Waals surface area contributed by atoms with Crippen LogP contribution in [0.4, 0.5) is 0 Å². The highest BCUT2D eigenvalue weighted by Crippen LogP contribution is 2.26. The molecule has 0 spiro atoms. The molecule has 3 heteroatoms. The van der Waals surface area contributed by atoms with E-state index in [4.69, 9.17) is 4.74 Å². The minimum atomic E-state index is 0.736. The van der Waals surface area contributed by atoms with Crippen molar-refractivity contribution in [2.45, 2.75) is 26.2 Å². The number of benzene rings is 1. The second-order valence-corrected chi connectivity index (χ2v) is 4.76. The molecule has 0 saturated heterocycles. The Morgan fingerprint density at radius 2 is 2.31 bits per heavy atom. The Hall–Kier alpha value is -1.09. The number of fused-ring (bicyclic) bond motifs is 1. The third kappa shape index (κ3) is 2.53. The summed E-state index contributed by atoms with van der Waals surface area (Å²) in [5.74, 6) is 0.911. The number of aryl methyl sites for hydroxylation is 1. The Kier molecular flexibility index (Phi) is 3.78. The molecule has 16 heavy (non-hydrogen) atoms. The van der Waals surface area contributed by atoms with Crippen molar-refractivity contribution in [3.63, 3.8) is 0 Å². The van der Waals surface area contributed by atoms with E-state index < -0.39 is 0 Å². The van der Waals surface area contributed by atoms with Gasteiger partial charge in [-0.25, -0.2) is 4.98 Å². The highest BCUT2D eigenvalue weighted by molar-refractivity contribution is 7.18. The zero-order chi connectivity index (χ0) is 11.4. The van der Waals surface area contributed by atoms with Gasteiger partial charge in [-0.1, -0.05) is 20.3 Å². The number of aromatic nitrogens is 1. The Bertz CT molecular complexity index is 464. The summed E-state index contributed by atoms with van der Waals surface area (Å²) in [6.07, 6.45) is 2.91. The van der Waals surface area contributed by atoms with Crippen LogP contribution in [0.3, 0.4) is 0 Å². The maximum absolute atomic E-state index is 5.62. The molecule has 0 aliphatic rings. The summed E-state index contributed by atoms with van der Waals surface area (Å²) in [6.45, 7) is 6.65. The Morgan fingerprint density at radius 1 is 1.44 bits per heavy atom. The van der Waals surface area contributed by atoms with Crippen LogP contribution in [0.5, 0.6) is 5.75 Å². The molecule has 2 nitrogen and oxygen atoms in total. The highest BCUT2D eigenvalue weighted by Gasteiger charge is 2.03. The quantitative estimate of drug-likeness (QED) is 0.733. The first-order valence-electron chi connectivity index (χ1n) is 5.65. The Morgan fingerprint density at radius 3 is 3.06 bits per heavy atom. The molecular weight excluding hydrogens is 218 g/mol. The van der Waals surface area contributed by atoms with E-state index in [9.17, 15) is 0 Å². The number of hydrogen-bond acceptors (Lipinski definition) is 3. The zero-order valence-electron chi connectivity index (χ0n) is 9.53. The van der Waals surface area contributed by atoms with Crippen LogP contribution in [0.25, 0.3) is 10.2 Å². The molecule has 2 aromatic rings. The van der Waals surface area contributed by atoms with Crippen molar-refractivity contribution < 1.29 is 4.74 Å². The summed E-state index contributed by atoms with van der Waals surface area (Å²) in [5, 5.41) is 1.19. The van der Waals surface area contributed by atoms with E-state index >= 15 is 0 Å². The largest absolute Gasteiger partial charge is 0.494 e. The summed E-state index contributed by atoms with van der Waals surface area (Å²) in [6, 6.07) is 6.13. The van der Waals surface area contributed by atoms with Crippen LogP contribution in [0.2, 0.25) is 0 Å². The van der Waals surface area contributed by atoms with Crippen molar-refractivity contribution in [1.82, 2.24) is 4.98 Å². The molecule has 0 unspecified atom stereocenters. The number of rotatable bonds is 5. The highest BCUT2D eigenvalue weighted by atomic mass is 32.1. The van der Waals surface area contributed by atoms with Gasteiger partial charge in [-0.2, -0.15) is 0 Å². The van der Waals surface area contributed by atoms with Crippen LogP contribution in [0, 0.1) is 6.92 Å². The summed E-state index contributed by atoms with van der Waals surface area (Å²) >= 11 is 1.76. The lowest BCUT2D eigenvalue weighted by Crippen LogP contribution is -1.95. The third-order valence-corrected chi connectivity index (χ3v) is 3.55. The van der Waals surface area contributed by atoms with Gasteiger partial charge >= 0.3 is 0 Å². The van der Waals surface area contributed by atoms with Crippen LogP contribution < -0.4 is 4.74 Å². The number of nitrogens with zero attached hydrogens (tertiary/aromatic N) is 1. The molecule has 0 bridgehead atoms. The van der Waals surface area contributed by atoms with Crippen molar-refractivity contribution >= 4 is 21.6 Å². The van der Waals surface area contributed by atoms with Gasteiger partial charge in [-0.3, -0.25) is 0 Å². The van der Waals surface area contributed by atoms with Gasteiger partial charge in [-0.05, 0) is 25.0 Å². The molecule has 0 aliphatic heterocycles. The van der Waals surface area contributed by atoms with Crippen LogP contribution in [-0.2, 0) is 6.42 Å². The van der Waals surface area contributed by atoms with Crippen LogP contribution in [-0.4, -0.2) is 11.6 Å². The fourth-order valence-electron chi connectivity index (χ4n) is 1.49. The van der Waals surface area contributed by atoms with E-state index in [0.717, 1.165) is 37.1 Å².